The summed E-state index contributed by atoms with van der Waals surface area (Å²) in [6.07, 6.45) is 0. The van der Waals surface area contributed by atoms with Crippen molar-refractivity contribution in [1.82, 2.24) is 4.72 Å². The van der Waals surface area contributed by atoms with Gasteiger partial charge in [0.2, 0.25) is 10.0 Å². The number of nitrogens with one attached hydrogen (secondary N) is 1. The van der Waals surface area contributed by atoms with Crippen LogP contribution in [0.3, 0.4) is 0 Å². The van der Waals surface area contributed by atoms with Crippen molar-refractivity contribution in [3.63, 3.8) is 0 Å². The molecule has 7 heteroatoms. The Labute approximate surface area is 119 Å². The second-order valence-corrected chi connectivity index (χ2v) is 6.23. The maximum Gasteiger partial charge on any atom is 0.323 e. The van der Waals surface area contributed by atoms with E-state index in [0.29, 0.717) is 16.8 Å². The van der Waals surface area contributed by atoms with Crippen LogP contribution in [0, 0.1) is 13.8 Å². The summed E-state index contributed by atoms with van der Waals surface area (Å²) in [7, 11) is -3.81. The average Bonchev–Trinajstić information content (AvgIpc) is 2.26. The van der Waals surface area contributed by atoms with E-state index in [1.807, 2.05) is 0 Å². The molecule has 0 saturated heterocycles. The van der Waals surface area contributed by atoms with Crippen LogP contribution in [0.15, 0.2) is 17.0 Å². The number of nitrogen functional groups attached to an aromatic ring is 1. The minimum atomic E-state index is -3.81. The monoisotopic (exact) mass is 300 g/mol. The van der Waals surface area contributed by atoms with Crippen LogP contribution >= 0.6 is 0 Å². The molecule has 0 spiro atoms. The molecule has 0 aliphatic carbocycles. The molecule has 1 unspecified atom stereocenters. The Balaban J connectivity index is 3.10. The summed E-state index contributed by atoms with van der Waals surface area (Å²) in [5, 5.41) is 0. The van der Waals surface area contributed by atoms with Gasteiger partial charge < -0.3 is 10.5 Å². The number of sulfonamides is 1. The van der Waals surface area contributed by atoms with Crippen molar-refractivity contribution in [3.05, 3.63) is 23.3 Å². The van der Waals surface area contributed by atoms with Crippen LogP contribution in [-0.2, 0) is 19.6 Å². The Morgan fingerprint density at radius 1 is 1.35 bits per heavy atom. The number of nitrogens with two attached hydrogens (primary N) is 1. The molecule has 20 heavy (non-hydrogen) atoms. The normalized spacial score (nSPS) is 13.0. The number of anilines is 1. The van der Waals surface area contributed by atoms with Crippen molar-refractivity contribution in [1.29, 1.82) is 0 Å². The van der Waals surface area contributed by atoms with E-state index in [2.05, 4.69) is 4.72 Å². The zero-order valence-electron chi connectivity index (χ0n) is 12.1. The number of esters is 1. The lowest BCUT2D eigenvalue weighted by Crippen LogP contribution is -2.40. The van der Waals surface area contributed by atoms with Crippen molar-refractivity contribution >= 4 is 21.7 Å². The van der Waals surface area contributed by atoms with Gasteiger partial charge in [-0.05, 0) is 51.0 Å². The summed E-state index contributed by atoms with van der Waals surface area (Å²) in [5.41, 5.74) is 7.24. The lowest BCUT2D eigenvalue weighted by Gasteiger charge is -2.16. The van der Waals surface area contributed by atoms with Gasteiger partial charge in [-0.2, -0.15) is 4.72 Å². The summed E-state index contributed by atoms with van der Waals surface area (Å²) in [4.78, 5) is 11.6. The van der Waals surface area contributed by atoms with Crippen LogP contribution in [0.25, 0.3) is 0 Å². The molecule has 1 aromatic rings. The fourth-order valence-corrected chi connectivity index (χ4v) is 3.66. The van der Waals surface area contributed by atoms with E-state index in [-0.39, 0.29) is 11.5 Å². The van der Waals surface area contributed by atoms with Crippen molar-refractivity contribution in [3.8, 4) is 0 Å². The van der Waals surface area contributed by atoms with E-state index in [1.165, 1.54) is 6.92 Å². The first-order valence-corrected chi connectivity index (χ1v) is 7.73. The second-order valence-electron chi connectivity index (χ2n) is 4.58. The molecular weight excluding hydrogens is 280 g/mol. The van der Waals surface area contributed by atoms with Gasteiger partial charge in [-0.25, -0.2) is 8.42 Å². The molecule has 1 aromatic carbocycles. The fourth-order valence-electron chi connectivity index (χ4n) is 2.01. The zero-order valence-corrected chi connectivity index (χ0v) is 12.9. The molecule has 0 aromatic heterocycles. The highest BCUT2D eigenvalue weighted by Gasteiger charge is 2.25. The maximum absolute atomic E-state index is 12.3. The molecule has 1 atom stereocenters. The number of hydrogen-bond acceptors (Lipinski definition) is 5. The van der Waals surface area contributed by atoms with Gasteiger partial charge in [0, 0.05) is 5.69 Å². The first kappa shape index (κ1) is 16.5. The highest BCUT2D eigenvalue weighted by Crippen LogP contribution is 2.23. The summed E-state index contributed by atoms with van der Waals surface area (Å²) in [5.74, 6) is -0.609. The van der Waals surface area contributed by atoms with Crippen LogP contribution in [0.2, 0.25) is 0 Å². The van der Waals surface area contributed by atoms with Gasteiger partial charge in [-0.15, -0.1) is 0 Å². The molecule has 1 rings (SSSR count). The van der Waals surface area contributed by atoms with Crippen LogP contribution in [0.1, 0.15) is 25.0 Å². The Morgan fingerprint density at radius 3 is 2.30 bits per heavy atom. The minimum absolute atomic E-state index is 0.142. The van der Waals surface area contributed by atoms with Gasteiger partial charge in [-0.3, -0.25) is 4.79 Å². The Morgan fingerprint density at radius 2 is 1.85 bits per heavy atom. The van der Waals surface area contributed by atoms with Gasteiger partial charge in [0.15, 0.2) is 0 Å². The van der Waals surface area contributed by atoms with Gasteiger partial charge >= 0.3 is 5.97 Å². The number of benzene rings is 1. The summed E-state index contributed by atoms with van der Waals surface area (Å²) >= 11 is 0. The first-order valence-electron chi connectivity index (χ1n) is 6.24. The zero-order chi connectivity index (χ0) is 15.5. The lowest BCUT2D eigenvalue weighted by atomic mass is 10.1. The SMILES string of the molecule is CCOC(=O)C(C)NS(=O)(=O)c1c(C)cc(N)cc1C. The highest BCUT2D eigenvalue weighted by atomic mass is 32.2. The predicted octanol–water partition coefficient (Wildman–Crippen LogP) is 1.12. The van der Waals surface area contributed by atoms with Crippen LogP contribution in [0.5, 0.6) is 0 Å². The molecular formula is C13H20N2O4S. The molecule has 3 N–H and O–H groups in total. The molecule has 0 aliphatic rings. The molecule has 0 bridgehead atoms. The van der Waals surface area contributed by atoms with Crippen LogP contribution in [-0.4, -0.2) is 27.0 Å². The number of hydrogen-bond donors (Lipinski definition) is 2. The minimum Gasteiger partial charge on any atom is -0.465 e. The van der Waals surface area contributed by atoms with Gasteiger partial charge in [0.1, 0.15) is 6.04 Å². The Bertz CT molecular complexity index is 588. The fraction of sp³-hybridized carbons (Fsp3) is 0.462. The van der Waals surface area contributed by atoms with Gasteiger partial charge in [0.05, 0.1) is 11.5 Å². The number of carbonyl (C=O) groups is 1. The maximum atomic E-state index is 12.3. The van der Waals surface area contributed by atoms with Crippen molar-refractivity contribution in [2.45, 2.75) is 38.6 Å². The largest absolute Gasteiger partial charge is 0.465 e. The van der Waals surface area contributed by atoms with E-state index in [1.54, 1.807) is 32.9 Å². The average molecular weight is 300 g/mol. The van der Waals surface area contributed by atoms with E-state index >= 15 is 0 Å². The van der Waals surface area contributed by atoms with E-state index in [9.17, 15) is 13.2 Å². The first-order chi connectivity index (χ1) is 9.19. The number of aryl methyl sites for hydroxylation is 2. The second kappa shape index (κ2) is 6.23. The van der Waals surface area contributed by atoms with Crippen molar-refractivity contribution < 1.29 is 17.9 Å². The van der Waals surface area contributed by atoms with Gasteiger partial charge in [0.25, 0.3) is 0 Å². The molecule has 0 saturated carbocycles. The molecule has 0 heterocycles. The number of carbonyl (C=O) groups excluding carboxylic acids is 1. The topological polar surface area (TPSA) is 98.5 Å². The van der Waals surface area contributed by atoms with E-state index in [4.69, 9.17) is 10.5 Å². The Kier molecular flexibility index (Phi) is 5.13. The van der Waals surface area contributed by atoms with Crippen LogP contribution in [0.4, 0.5) is 5.69 Å². The molecule has 0 aliphatic heterocycles. The Hall–Kier alpha value is -1.60. The third-order valence-electron chi connectivity index (χ3n) is 2.72. The molecule has 0 radical (unpaired) electrons. The van der Waals surface area contributed by atoms with E-state index < -0.39 is 22.0 Å². The lowest BCUT2D eigenvalue weighted by molar-refractivity contribution is -0.144. The van der Waals surface area contributed by atoms with E-state index in [0.717, 1.165) is 0 Å². The third-order valence-corrected chi connectivity index (χ3v) is 4.57. The quantitative estimate of drug-likeness (QED) is 0.627. The number of rotatable bonds is 5. The van der Waals surface area contributed by atoms with Crippen molar-refractivity contribution in [2.75, 3.05) is 12.3 Å². The third kappa shape index (κ3) is 3.71. The highest BCUT2D eigenvalue weighted by molar-refractivity contribution is 7.89. The standard InChI is InChI=1S/C13H20N2O4S/c1-5-19-13(16)10(4)15-20(17,18)12-8(2)6-11(14)7-9(12)3/h6-7,10,15H,5,14H2,1-4H3. The molecule has 0 fully saturated rings. The summed E-state index contributed by atoms with van der Waals surface area (Å²) < 4.78 is 31.8. The van der Waals surface area contributed by atoms with Crippen LogP contribution < -0.4 is 10.5 Å². The summed E-state index contributed by atoms with van der Waals surface area (Å²) in [6.45, 7) is 6.62. The predicted molar refractivity (Wildman–Crippen MR) is 76.7 cm³/mol. The molecule has 0 amide bonds. The summed E-state index contributed by atoms with van der Waals surface area (Å²) in [6, 6.07) is 2.21. The molecule has 112 valence electrons. The number of ether oxygens (including phenoxy) is 1. The molecule has 6 nitrogen and oxygen atoms in total. The van der Waals surface area contributed by atoms with Crippen molar-refractivity contribution in [2.24, 2.45) is 0 Å². The smallest absolute Gasteiger partial charge is 0.323 e. The van der Waals surface area contributed by atoms with Gasteiger partial charge in [-0.1, -0.05) is 0 Å².